The molecule has 0 spiro atoms. The van der Waals surface area contributed by atoms with Crippen LogP contribution >= 0.6 is 11.8 Å². The van der Waals surface area contributed by atoms with Crippen LogP contribution in [-0.4, -0.2) is 21.1 Å². The first kappa shape index (κ1) is 18.8. The quantitative estimate of drug-likeness (QED) is 0.493. The minimum Gasteiger partial charge on any atom is -0.491 e. The number of aromatic amines is 1. The summed E-state index contributed by atoms with van der Waals surface area (Å²) in [7, 11) is 0. The molecule has 28 heavy (non-hydrogen) atoms. The second-order valence-electron chi connectivity index (χ2n) is 7.15. The molecule has 0 radical (unpaired) electrons. The zero-order valence-corrected chi connectivity index (χ0v) is 17.1. The summed E-state index contributed by atoms with van der Waals surface area (Å²) < 4.78 is 11.5. The van der Waals surface area contributed by atoms with Crippen molar-refractivity contribution in [3.8, 4) is 17.2 Å². The molecule has 6 nitrogen and oxygen atoms in total. The van der Waals surface area contributed by atoms with Gasteiger partial charge < -0.3 is 14.1 Å². The maximum Gasteiger partial charge on any atom is 0.254 e. The molecule has 0 bridgehead atoms. The second kappa shape index (κ2) is 7.83. The molecule has 0 aliphatic heterocycles. The van der Waals surface area contributed by atoms with E-state index in [-0.39, 0.29) is 11.7 Å². The van der Waals surface area contributed by atoms with Crippen molar-refractivity contribution >= 4 is 11.8 Å². The van der Waals surface area contributed by atoms with Crippen molar-refractivity contribution in [2.45, 2.75) is 57.0 Å². The van der Waals surface area contributed by atoms with Gasteiger partial charge in [0, 0.05) is 16.9 Å². The van der Waals surface area contributed by atoms with Crippen molar-refractivity contribution in [1.29, 1.82) is 0 Å². The van der Waals surface area contributed by atoms with E-state index in [0.29, 0.717) is 16.8 Å². The van der Waals surface area contributed by atoms with Gasteiger partial charge in [-0.05, 0) is 64.3 Å². The van der Waals surface area contributed by atoms with Gasteiger partial charge in [-0.25, -0.2) is 9.97 Å². The van der Waals surface area contributed by atoms with E-state index in [1.165, 1.54) is 11.8 Å². The minimum absolute atomic E-state index is 0.00808. The smallest absolute Gasteiger partial charge is 0.254 e. The molecule has 146 valence electrons. The fourth-order valence-corrected chi connectivity index (χ4v) is 4.14. The van der Waals surface area contributed by atoms with E-state index in [2.05, 4.69) is 15.0 Å². The molecule has 7 heteroatoms. The number of rotatable bonds is 6. The van der Waals surface area contributed by atoms with Crippen LogP contribution in [0.4, 0.5) is 0 Å². The molecule has 2 heterocycles. The summed E-state index contributed by atoms with van der Waals surface area (Å²) in [5.74, 6) is 2.77. The van der Waals surface area contributed by atoms with Gasteiger partial charge in [0.15, 0.2) is 5.16 Å². The number of oxazole rings is 1. The van der Waals surface area contributed by atoms with Crippen molar-refractivity contribution in [1.82, 2.24) is 15.0 Å². The summed E-state index contributed by atoms with van der Waals surface area (Å²) in [6, 6.07) is 7.73. The molecule has 0 unspecified atom stereocenters. The Morgan fingerprint density at radius 2 is 2.00 bits per heavy atom. The number of hydrogen-bond acceptors (Lipinski definition) is 6. The second-order valence-corrected chi connectivity index (χ2v) is 8.12. The number of fused-ring (bicyclic) bond motifs is 1. The number of hydrogen-bond donors (Lipinski definition) is 1. The summed E-state index contributed by atoms with van der Waals surface area (Å²) in [4.78, 5) is 24.2. The maximum atomic E-state index is 12.1. The van der Waals surface area contributed by atoms with Gasteiger partial charge in [-0.15, -0.1) is 0 Å². The average molecular weight is 398 g/mol. The number of H-pyrrole nitrogens is 1. The van der Waals surface area contributed by atoms with E-state index < -0.39 is 0 Å². The highest BCUT2D eigenvalue weighted by atomic mass is 32.2. The monoisotopic (exact) mass is 397 g/mol. The molecule has 1 aliphatic rings. The van der Waals surface area contributed by atoms with Gasteiger partial charge in [0.05, 0.1) is 17.5 Å². The van der Waals surface area contributed by atoms with E-state index >= 15 is 0 Å². The fraction of sp³-hybridized carbons (Fsp3) is 0.381. The van der Waals surface area contributed by atoms with Crippen molar-refractivity contribution in [2.75, 3.05) is 0 Å². The highest BCUT2D eigenvalue weighted by Gasteiger charge is 2.18. The van der Waals surface area contributed by atoms with Gasteiger partial charge in [-0.2, -0.15) is 0 Å². The summed E-state index contributed by atoms with van der Waals surface area (Å²) in [6.45, 7) is 5.90. The van der Waals surface area contributed by atoms with Crippen molar-refractivity contribution in [3.05, 3.63) is 57.3 Å². The van der Waals surface area contributed by atoms with E-state index in [9.17, 15) is 4.79 Å². The highest BCUT2D eigenvalue weighted by Crippen LogP contribution is 2.28. The zero-order valence-electron chi connectivity index (χ0n) is 16.2. The lowest BCUT2D eigenvalue weighted by atomic mass is 10.2. The average Bonchev–Trinajstić information content (AvgIpc) is 3.27. The van der Waals surface area contributed by atoms with Crippen LogP contribution < -0.4 is 10.3 Å². The lowest BCUT2D eigenvalue weighted by molar-refractivity contribution is 0.242. The van der Waals surface area contributed by atoms with E-state index in [1.54, 1.807) is 0 Å². The maximum absolute atomic E-state index is 12.1. The first-order chi connectivity index (χ1) is 13.5. The summed E-state index contributed by atoms with van der Waals surface area (Å²) in [5.41, 5.74) is 3.53. The molecule has 3 aromatic rings. The Hall–Kier alpha value is -2.54. The Balaban J connectivity index is 1.48. The predicted octanol–water partition coefficient (Wildman–Crippen LogP) is 4.30. The van der Waals surface area contributed by atoms with Crippen LogP contribution in [0.1, 0.15) is 43.0 Å². The van der Waals surface area contributed by atoms with Crippen LogP contribution in [0, 0.1) is 6.92 Å². The zero-order chi connectivity index (χ0) is 19.7. The van der Waals surface area contributed by atoms with Crippen LogP contribution in [0.5, 0.6) is 5.75 Å². The van der Waals surface area contributed by atoms with Gasteiger partial charge >= 0.3 is 0 Å². The van der Waals surface area contributed by atoms with E-state index in [1.807, 2.05) is 45.0 Å². The SMILES string of the molecule is Cc1oc(-c2ccc(OC(C)C)cc2)nc1CSc1nc2c(c(=O)[nH]1)CCC2. The van der Waals surface area contributed by atoms with Crippen LogP contribution in [0.2, 0.25) is 0 Å². The third kappa shape index (κ3) is 3.99. The van der Waals surface area contributed by atoms with Gasteiger partial charge in [0.1, 0.15) is 11.5 Å². The van der Waals surface area contributed by atoms with Crippen molar-refractivity contribution in [2.24, 2.45) is 0 Å². The highest BCUT2D eigenvalue weighted by molar-refractivity contribution is 7.98. The Bertz CT molecular complexity index is 1040. The molecule has 0 amide bonds. The molecule has 0 atom stereocenters. The third-order valence-corrected chi connectivity index (χ3v) is 5.52. The lowest BCUT2D eigenvalue weighted by Gasteiger charge is -2.09. The lowest BCUT2D eigenvalue weighted by Crippen LogP contribution is -2.14. The largest absolute Gasteiger partial charge is 0.491 e. The van der Waals surface area contributed by atoms with Crippen molar-refractivity contribution < 1.29 is 9.15 Å². The molecular weight excluding hydrogens is 374 g/mol. The molecule has 1 aromatic carbocycles. The van der Waals surface area contributed by atoms with Crippen LogP contribution in [0.15, 0.2) is 38.6 Å². The number of benzene rings is 1. The topological polar surface area (TPSA) is 81.0 Å². The molecule has 0 saturated carbocycles. The number of aryl methyl sites for hydroxylation is 2. The Morgan fingerprint density at radius 3 is 2.75 bits per heavy atom. The van der Waals surface area contributed by atoms with Crippen molar-refractivity contribution in [3.63, 3.8) is 0 Å². The van der Waals surface area contributed by atoms with Gasteiger partial charge in [-0.1, -0.05) is 11.8 Å². The summed E-state index contributed by atoms with van der Waals surface area (Å²) in [6.07, 6.45) is 2.86. The Kier molecular flexibility index (Phi) is 5.26. The number of nitrogens with zero attached hydrogens (tertiary/aromatic N) is 2. The first-order valence-corrected chi connectivity index (χ1v) is 10.5. The van der Waals surface area contributed by atoms with E-state index in [4.69, 9.17) is 9.15 Å². The molecule has 1 N–H and O–H groups in total. The Labute approximate surface area is 167 Å². The van der Waals surface area contributed by atoms with Gasteiger partial charge in [0.25, 0.3) is 5.56 Å². The predicted molar refractivity (Wildman–Crippen MR) is 109 cm³/mol. The fourth-order valence-electron chi connectivity index (χ4n) is 3.26. The number of ether oxygens (including phenoxy) is 1. The Morgan fingerprint density at radius 1 is 1.21 bits per heavy atom. The number of aromatic nitrogens is 3. The standard InChI is InChI=1S/C21H23N3O3S/c1-12(2)26-15-9-7-14(8-10-15)20-22-18(13(3)27-20)11-28-21-23-17-6-4-5-16(17)19(25)24-21/h7-10,12H,4-6,11H2,1-3H3,(H,23,24,25). The molecule has 1 aliphatic carbocycles. The van der Waals surface area contributed by atoms with Crippen LogP contribution in [0.25, 0.3) is 11.5 Å². The number of nitrogens with one attached hydrogen (secondary N) is 1. The molecule has 0 saturated heterocycles. The van der Waals surface area contributed by atoms with Gasteiger partial charge in [0.2, 0.25) is 5.89 Å². The van der Waals surface area contributed by atoms with Gasteiger partial charge in [-0.3, -0.25) is 4.79 Å². The van der Waals surface area contributed by atoms with Crippen LogP contribution in [0.3, 0.4) is 0 Å². The molecule has 2 aromatic heterocycles. The molecule has 0 fully saturated rings. The number of thioether (sulfide) groups is 1. The first-order valence-electron chi connectivity index (χ1n) is 9.48. The normalized spacial score (nSPS) is 13.1. The third-order valence-electron chi connectivity index (χ3n) is 4.63. The summed E-state index contributed by atoms with van der Waals surface area (Å²) in [5, 5.41) is 0.643. The summed E-state index contributed by atoms with van der Waals surface area (Å²) >= 11 is 1.48. The minimum atomic E-state index is -0.00808. The van der Waals surface area contributed by atoms with E-state index in [0.717, 1.165) is 53.3 Å². The van der Waals surface area contributed by atoms with Crippen LogP contribution in [-0.2, 0) is 18.6 Å². The molecule has 4 rings (SSSR count). The molecular formula is C21H23N3O3S.